The van der Waals surface area contributed by atoms with Crippen LogP contribution in [0, 0.1) is 5.92 Å². The number of aliphatic hydroxyl groups is 1. The smallest absolute Gasteiger partial charge is 0.282 e. The van der Waals surface area contributed by atoms with E-state index in [9.17, 15) is 13.5 Å². The molecule has 3 fully saturated rings. The molecular weight excluding hydrogens is 280 g/mol. The molecule has 0 bridgehead atoms. The second-order valence-corrected chi connectivity index (χ2v) is 7.96. The van der Waals surface area contributed by atoms with Crippen LogP contribution >= 0.6 is 0 Å². The van der Waals surface area contributed by atoms with E-state index >= 15 is 0 Å². The zero-order valence-electron chi connectivity index (χ0n) is 11.8. The summed E-state index contributed by atoms with van der Waals surface area (Å²) in [5.74, 6) is 0.0824. The fraction of sp³-hybridized carbons (Fsp3) is 1.00. The molecule has 1 N–H and O–H groups in total. The fourth-order valence-corrected chi connectivity index (χ4v) is 5.65. The van der Waals surface area contributed by atoms with Gasteiger partial charge in [0.2, 0.25) is 0 Å². The van der Waals surface area contributed by atoms with Gasteiger partial charge in [-0.25, -0.2) is 0 Å². The van der Waals surface area contributed by atoms with Crippen molar-refractivity contribution in [3.8, 4) is 0 Å². The van der Waals surface area contributed by atoms with Crippen molar-refractivity contribution < 1.29 is 18.3 Å². The predicted octanol–water partition coefficient (Wildman–Crippen LogP) is 0.189. The first kappa shape index (κ1) is 14.7. The molecule has 0 spiro atoms. The first-order valence-electron chi connectivity index (χ1n) is 7.62. The third-order valence-electron chi connectivity index (χ3n) is 4.79. The number of rotatable bonds is 3. The van der Waals surface area contributed by atoms with E-state index in [1.165, 1.54) is 0 Å². The van der Waals surface area contributed by atoms with Crippen LogP contribution < -0.4 is 0 Å². The summed E-state index contributed by atoms with van der Waals surface area (Å²) in [6.45, 7) is 2.06. The lowest BCUT2D eigenvalue weighted by Gasteiger charge is -2.41. The zero-order valence-corrected chi connectivity index (χ0v) is 12.6. The molecule has 0 aromatic heterocycles. The van der Waals surface area contributed by atoms with Crippen LogP contribution in [0.15, 0.2) is 0 Å². The quantitative estimate of drug-likeness (QED) is 0.808. The Morgan fingerprint density at radius 1 is 1.15 bits per heavy atom. The normalized spacial score (nSPS) is 37.0. The molecule has 3 unspecified atom stereocenters. The van der Waals surface area contributed by atoms with E-state index in [1.54, 1.807) is 8.61 Å². The average molecular weight is 304 g/mol. The summed E-state index contributed by atoms with van der Waals surface area (Å²) in [4.78, 5) is 0. The Morgan fingerprint density at radius 2 is 2.00 bits per heavy atom. The molecule has 0 aromatic carbocycles. The fourth-order valence-electron chi connectivity index (χ4n) is 3.71. The Balaban J connectivity index is 1.76. The number of piperidine rings is 1. The molecule has 3 aliphatic rings. The van der Waals surface area contributed by atoms with Crippen LogP contribution in [-0.2, 0) is 14.9 Å². The molecule has 0 amide bonds. The van der Waals surface area contributed by atoms with E-state index in [0.717, 1.165) is 32.1 Å². The molecule has 3 atom stereocenters. The van der Waals surface area contributed by atoms with Crippen LogP contribution in [-0.4, -0.2) is 67.1 Å². The van der Waals surface area contributed by atoms with E-state index in [4.69, 9.17) is 4.74 Å². The second kappa shape index (κ2) is 5.88. The molecule has 2 saturated heterocycles. The minimum atomic E-state index is -3.41. The van der Waals surface area contributed by atoms with Crippen molar-refractivity contribution in [3.05, 3.63) is 0 Å². The molecule has 2 aliphatic heterocycles. The average Bonchev–Trinajstić information content (AvgIpc) is 2.95. The van der Waals surface area contributed by atoms with Gasteiger partial charge in [-0.2, -0.15) is 17.0 Å². The molecule has 1 aliphatic carbocycles. The van der Waals surface area contributed by atoms with Crippen molar-refractivity contribution in [1.29, 1.82) is 0 Å². The van der Waals surface area contributed by atoms with Gasteiger partial charge in [-0.15, -0.1) is 0 Å². The maximum Gasteiger partial charge on any atom is 0.282 e. The number of ether oxygens (including phenoxy) is 1. The number of hydrogen-bond acceptors (Lipinski definition) is 4. The SMILES string of the molecule is O=S(=O)(N1CCCC(CO)C1)N1CCOC2CCCC21. The van der Waals surface area contributed by atoms with E-state index in [1.807, 2.05) is 0 Å². The van der Waals surface area contributed by atoms with Gasteiger partial charge in [0.25, 0.3) is 10.2 Å². The summed E-state index contributed by atoms with van der Waals surface area (Å²) in [5, 5.41) is 9.28. The number of aliphatic hydroxyl groups excluding tert-OH is 1. The van der Waals surface area contributed by atoms with Crippen molar-refractivity contribution in [1.82, 2.24) is 8.61 Å². The molecular formula is C13H24N2O4S. The van der Waals surface area contributed by atoms with Gasteiger partial charge in [-0.1, -0.05) is 0 Å². The van der Waals surface area contributed by atoms with Gasteiger partial charge in [0, 0.05) is 26.2 Å². The van der Waals surface area contributed by atoms with Gasteiger partial charge in [-0.3, -0.25) is 0 Å². The van der Waals surface area contributed by atoms with Gasteiger partial charge < -0.3 is 9.84 Å². The Labute approximate surface area is 120 Å². The van der Waals surface area contributed by atoms with E-state index in [-0.39, 0.29) is 24.7 Å². The minimum Gasteiger partial charge on any atom is -0.396 e. The number of morpholine rings is 1. The lowest BCUT2D eigenvalue weighted by atomic mass is 10.0. The summed E-state index contributed by atoms with van der Waals surface area (Å²) >= 11 is 0. The van der Waals surface area contributed by atoms with Gasteiger partial charge in [0.05, 0.1) is 18.8 Å². The van der Waals surface area contributed by atoms with E-state index in [2.05, 4.69) is 0 Å². The maximum absolute atomic E-state index is 12.9. The molecule has 116 valence electrons. The molecule has 3 rings (SSSR count). The molecule has 1 saturated carbocycles. The highest BCUT2D eigenvalue weighted by molar-refractivity contribution is 7.86. The van der Waals surface area contributed by atoms with E-state index < -0.39 is 10.2 Å². The van der Waals surface area contributed by atoms with Crippen molar-refractivity contribution in [2.75, 3.05) is 32.8 Å². The van der Waals surface area contributed by atoms with Crippen LogP contribution in [0.5, 0.6) is 0 Å². The van der Waals surface area contributed by atoms with Gasteiger partial charge in [0.1, 0.15) is 0 Å². The van der Waals surface area contributed by atoms with Crippen LogP contribution in [0.25, 0.3) is 0 Å². The Hall–Kier alpha value is -0.210. The van der Waals surface area contributed by atoms with Crippen LogP contribution in [0.2, 0.25) is 0 Å². The van der Waals surface area contributed by atoms with Gasteiger partial charge in [0.15, 0.2) is 0 Å². The lowest BCUT2D eigenvalue weighted by molar-refractivity contribution is -0.0266. The van der Waals surface area contributed by atoms with Crippen molar-refractivity contribution in [3.63, 3.8) is 0 Å². The number of nitrogens with zero attached hydrogens (tertiary/aromatic N) is 2. The second-order valence-electron chi connectivity index (χ2n) is 6.07. The highest BCUT2D eigenvalue weighted by Crippen LogP contribution is 2.33. The Morgan fingerprint density at radius 3 is 2.80 bits per heavy atom. The first-order chi connectivity index (χ1) is 9.63. The molecule has 20 heavy (non-hydrogen) atoms. The maximum atomic E-state index is 12.9. The Bertz CT molecular complexity index is 442. The summed E-state index contributed by atoms with van der Waals surface area (Å²) in [5.41, 5.74) is 0. The standard InChI is InChI=1S/C13H24N2O4S/c16-10-11-3-2-6-14(9-11)20(17,18)15-7-8-19-13-5-1-4-12(13)15/h11-13,16H,1-10H2. The highest BCUT2D eigenvalue weighted by Gasteiger charge is 2.44. The first-order valence-corrected chi connectivity index (χ1v) is 9.02. The third kappa shape index (κ3) is 2.62. The lowest BCUT2D eigenvalue weighted by Crippen LogP contribution is -2.57. The van der Waals surface area contributed by atoms with Gasteiger partial charge in [-0.05, 0) is 38.0 Å². The van der Waals surface area contributed by atoms with Crippen molar-refractivity contribution >= 4 is 10.2 Å². The highest BCUT2D eigenvalue weighted by atomic mass is 32.2. The molecule has 0 radical (unpaired) electrons. The largest absolute Gasteiger partial charge is 0.396 e. The zero-order chi connectivity index (χ0) is 14.2. The van der Waals surface area contributed by atoms with Crippen molar-refractivity contribution in [2.24, 2.45) is 5.92 Å². The van der Waals surface area contributed by atoms with Crippen LogP contribution in [0.4, 0.5) is 0 Å². The van der Waals surface area contributed by atoms with E-state index in [0.29, 0.717) is 26.2 Å². The van der Waals surface area contributed by atoms with Crippen LogP contribution in [0.3, 0.4) is 0 Å². The molecule has 7 heteroatoms. The summed E-state index contributed by atoms with van der Waals surface area (Å²) in [6, 6.07) is 0.0169. The summed E-state index contributed by atoms with van der Waals surface area (Å²) < 4.78 is 34.6. The van der Waals surface area contributed by atoms with Gasteiger partial charge >= 0.3 is 0 Å². The van der Waals surface area contributed by atoms with Crippen LogP contribution in [0.1, 0.15) is 32.1 Å². The topological polar surface area (TPSA) is 70.1 Å². The Kier molecular flexibility index (Phi) is 4.33. The summed E-state index contributed by atoms with van der Waals surface area (Å²) in [6.07, 6.45) is 4.75. The number of fused-ring (bicyclic) bond motifs is 1. The summed E-state index contributed by atoms with van der Waals surface area (Å²) in [7, 11) is -3.41. The third-order valence-corrected chi connectivity index (χ3v) is 6.82. The molecule has 6 nitrogen and oxygen atoms in total. The minimum absolute atomic E-state index is 0.0169. The van der Waals surface area contributed by atoms with Crippen molar-refractivity contribution in [2.45, 2.75) is 44.2 Å². The molecule has 0 aromatic rings. The monoisotopic (exact) mass is 304 g/mol. The molecule has 2 heterocycles. The number of hydrogen-bond donors (Lipinski definition) is 1. The predicted molar refractivity (Wildman–Crippen MR) is 74.4 cm³/mol.